The van der Waals surface area contributed by atoms with Crippen LogP contribution in [0, 0.1) is 0 Å². The maximum atomic E-state index is 13.8. The standard InChI is InChI=1S/C27H21BrN2O4S/c1-32-20-11-8-16(13-21(20)33-2)25-19-10-7-15-5-3-4-6-18(15)24(19)29-27-30(25)26(31)22(35-27)14-17-9-12-23(28)34-17/h3-6,8-9,11-14,25H,7,10H2,1-2H3. The molecule has 8 heteroatoms. The first kappa shape index (κ1) is 22.1. The van der Waals surface area contributed by atoms with E-state index in [9.17, 15) is 4.79 Å². The summed E-state index contributed by atoms with van der Waals surface area (Å²) in [5, 5.41) is 0. The molecule has 0 saturated carbocycles. The van der Waals surface area contributed by atoms with Crippen molar-refractivity contribution in [2.75, 3.05) is 14.2 Å². The van der Waals surface area contributed by atoms with Crippen LogP contribution in [0.5, 0.6) is 11.5 Å². The van der Waals surface area contributed by atoms with Gasteiger partial charge in [0.15, 0.2) is 21.0 Å². The number of nitrogens with zero attached hydrogens (tertiary/aromatic N) is 2. The summed E-state index contributed by atoms with van der Waals surface area (Å²) in [4.78, 5) is 19.5. The van der Waals surface area contributed by atoms with Gasteiger partial charge in [-0.3, -0.25) is 9.36 Å². The molecule has 0 saturated heterocycles. The van der Waals surface area contributed by atoms with Crippen LogP contribution in [-0.2, 0) is 6.42 Å². The Balaban J connectivity index is 1.63. The summed E-state index contributed by atoms with van der Waals surface area (Å²) in [6.07, 6.45) is 3.50. The van der Waals surface area contributed by atoms with E-state index in [1.165, 1.54) is 16.9 Å². The zero-order chi connectivity index (χ0) is 24.1. The molecule has 1 aliphatic heterocycles. The lowest BCUT2D eigenvalue weighted by atomic mass is 9.83. The smallest absolute Gasteiger partial charge is 0.271 e. The number of rotatable bonds is 4. The van der Waals surface area contributed by atoms with E-state index >= 15 is 0 Å². The lowest BCUT2D eigenvalue weighted by Crippen LogP contribution is -2.38. The summed E-state index contributed by atoms with van der Waals surface area (Å²) in [6, 6.07) is 17.6. The van der Waals surface area contributed by atoms with Crippen LogP contribution in [0.3, 0.4) is 0 Å². The molecule has 1 aliphatic carbocycles. The maximum Gasteiger partial charge on any atom is 0.271 e. The Kier molecular flexibility index (Phi) is 5.50. The van der Waals surface area contributed by atoms with Gasteiger partial charge >= 0.3 is 0 Å². The van der Waals surface area contributed by atoms with Crippen molar-refractivity contribution in [3.8, 4) is 11.5 Å². The van der Waals surface area contributed by atoms with Crippen LogP contribution < -0.4 is 24.4 Å². The number of methoxy groups -OCH3 is 2. The largest absolute Gasteiger partial charge is 0.493 e. The van der Waals surface area contributed by atoms with Crippen molar-refractivity contribution in [2.45, 2.75) is 18.9 Å². The van der Waals surface area contributed by atoms with Gasteiger partial charge in [-0.2, -0.15) is 0 Å². The van der Waals surface area contributed by atoms with E-state index in [4.69, 9.17) is 18.9 Å². The topological polar surface area (TPSA) is 66.0 Å². The Morgan fingerprint density at radius 3 is 2.69 bits per heavy atom. The number of benzene rings is 2. The zero-order valence-electron chi connectivity index (χ0n) is 19.1. The Morgan fingerprint density at radius 1 is 1.09 bits per heavy atom. The second-order valence-electron chi connectivity index (χ2n) is 8.37. The molecule has 2 aliphatic rings. The molecular weight excluding hydrogens is 528 g/mol. The summed E-state index contributed by atoms with van der Waals surface area (Å²) in [7, 11) is 3.24. The Bertz CT molecular complexity index is 1680. The molecule has 1 atom stereocenters. The van der Waals surface area contributed by atoms with Gasteiger partial charge < -0.3 is 13.9 Å². The molecule has 35 heavy (non-hydrogen) atoms. The number of aromatic nitrogens is 1. The first-order valence-corrected chi connectivity index (χ1v) is 12.8. The Morgan fingerprint density at radius 2 is 1.91 bits per heavy atom. The lowest BCUT2D eigenvalue weighted by Gasteiger charge is -2.31. The van der Waals surface area contributed by atoms with Gasteiger partial charge in [-0.15, -0.1) is 0 Å². The normalized spacial score (nSPS) is 16.9. The maximum absolute atomic E-state index is 13.8. The molecule has 0 spiro atoms. The summed E-state index contributed by atoms with van der Waals surface area (Å²) in [5.74, 6) is 1.89. The third kappa shape index (κ3) is 3.68. The molecule has 0 fully saturated rings. The van der Waals surface area contributed by atoms with Crippen molar-refractivity contribution in [3.63, 3.8) is 0 Å². The number of aryl methyl sites for hydroxylation is 1. The average molecular weight is 549 g/mol. The summed E-state index contributed by atoms with van der Waals surface area (Å²) < 4.78 is 19.7. The highest BCUT2D eigenvalue weighted by atomic mass is 79.9. The van der Waals surface area contributed by atoms with Crippen LogP contribution in [0.2, 0.25) is 0 Å². The van der Waals surface area contributed by atoms with E-state index in [2.05, 4.69) is 34.1 Å². The van der Waals surface area contributed by atoms with E-state index in [1.54, 1.807) is 20.3 Å². The third-order valence-corrected chi connectivity index (χ3v) is 7.87. The molecule has 6 rings (SSSR count). The summed E-state index contributed by atoms with van der Waals surface area (Å²) in [5.41, 5.74) is 5.37. The quantitative estimate of drug-likeness (QED) is 0.371. The summed E-state index contributed by atoms with van der Waals surface area (Å²) >= 11 is 4.70. The van der Waals surface area contributed by atoms with Crippen molar-refractivity contribution >= 4 is 39.0 Å². The molecule has 2 aromatic heterocycles. The highest BCUT2D eigenvalue weighted by Crippen LogP contribution is 2.42. The number of hydrogen-bond donors (Lipinski definition) is 0. The lowest BCUT2D eigenvalue weighted by molar-refractivity contribution is 0.354. The van der Waals surface area contributed by atoms with E-state index in [0.29, 0.717) is 31.3 Å². The first-order chi connectivity index (χ1) is 17.1. The molecule has 1 unspecified atom stereocenters. The minimum atomic E-state index is -0.292. The second-order valence-corrected chi connectivity index (χ2v) is 10.2. The van der Waals surface area contributed by atoms with Crippen molar-refractivity contribution in [1.29, 1.82) is 0 Å². The molecule has 2 aromatic carbocycles. The number of furan rings is 1. The fourth-order valence-corrected chi connectivity index (χ4v) is 6.18. The predicted molar refractivity (Wildman–Crippen MR) is 139 cm³/mol. The third-order valence-electron chi connectivity index (χ3n) is 6.46. The average Bonchev–Trinajstić information content (AvgIpc) is 3.44. The summed E-state index contributed by atoms with van der Waals surface area (Å²) in [6.45, 7) is 0. The first-order valence-electron chi connectivity index (χ1n) is 11.2. The highest BCUT2D eigenvalue weighted by molar-refractivity contribution is 9.10. The molecular formula is C27H21BrN2O4S. The van der Waals surface area contributed by atoms with Crippen LogP contribution in [0.4, 0.5) is 0 Å². The van der Waals surface area contributed by atoms with E-state index in [-0.39, 0.29) is 11.6 Å². The van der Waals surface area contributed by atoms with Crippen LogP contribution >= 0.6 is 27.3 Å². The minimum Gasteiger partial charge on any atom is -0.493 e. The van der Waals surface area contributed by atoms with Gasteiger partial charge in [-0.25, -0.2) is 4.99 Å². The van der Waals surface area contributed by atoms with Crippen LogP contribution in [0.1, 0.15) is 34.9 Å². The number of fused-ring (bicyclic) bond motifs is 3. The Labute approximate surface area is 213 Å². The van der Waals surface area contributed by atoms with E-state index in [1.807, 2.05) is 41.0 Å². The van der Waals surface area contributed by atoms with Gasteiger partial charge in [0.2, 0.25) is 0 Å². The van der Waals surface area contributed by atoms with Crippen molar-refractivity contribution in [3.05, 3.63) is 107 Å². The molecule has 6 nitrogen and oxygen atoms in total. The number of allylic oxidation sites excluding steroid dienone is 1. The highest BCUT2D eigenvalue weighted by Gasteiger charge is 2.33. The van der Waals surface area contributed by atoms with Crippen molar-refractivity contribution < 1.29 is 13.9 Å². The van der Waals surface area contributed by atoms with Crippen LogP contribution in [0.15, 0.2) is 79.0 Å². The minimum absolute atomic E-state index is 0.0912. The van der Waals surface area contributed by atoms with Gasteiger partial charge in [-0.05, 0) is 69.7 Å². The molecule has 0 N–H and O–H groups in total. The molecule has 0 bridgehead atoms. The van der Waals surface area contributed by atoms with Crippen LogP contribution in [-0.4, -0.2) is 18.8 Å². The number of ether oxygens (including phenoxy) is 2. The number of hydrogen-bond acceptors (Lipinski definition) is 6. The fraction of sp³-hybridized carbons (Fsp3) is 0.185. The Hall–Kier alpha value is -3.36. The number of halogens is 1. The van der Waals surface area contributed by atoms with Crippen molar-refractivity contribution in [1.82, 2.24) is 4.57 Å². The van der Waals surface area contributed by atoms with E-state index in [0.717, 1.165) is 35.2 Å². The van der Waals surface area contributed by atoms with Gasteiger partial charge in [0.1, 0.15) is 5.76 Å². The molecule has 176 valence electrons. The van der Waals surface area contributed by atoms with Crippen molar-refractivity contribution in [2.24, 2.45) is 4.99 Å². The molecule has 0 amide bonds. The molecule has 4 aromatic rings. The fourth-order valence-electron chi connectivity index (χ4n) is 4.88. The van der Waals surface area contributed by atoms with E-state index < -0.39 is 0 Å². The number of thiazole rings is 1. The van der Waals surface area contributed by atoms with Gasteiger partial charge in [0, 0.05) is 11.6 Å². The zero-order valence-corrected chi connectivity index (χ0v) is 21.5. The monoisotopic (exact) mass is 548 g/mol. The van der Waals surface area contributed by atoms with Gasteiger partial charge in [0.25, 0.3) is 5.56 Å². The molecule has 0 radical (unpaired) electrons. The molecule has 3 heterocycles. The predicted octanol–water partition coefficient (Wildman–Crippen LogP) is 4.69. The van der Waals surface area contributed by atoms with Crippen LogP contribution in [0.25, 0.3) is 11.8 Å². The second kappa shape index (κ2) is 8.70. The van der Waals surface area contributed by atoms with Gasteiger partial charge in [-0.1, -0.05) is 41.7 Å². The SMILES string of the molecule is COc1ccc(C2C3=C(N=c4sc(=Cc5ccc(Br)o5)c(=O)n42)c2ccccc2CC3)cc1OC. The van der Waals surface area contributed by atoms with Gasteiger partial charge in [0.05, 0.1) is 30.5 Å².